The standard InChI is InChI=1S/C17H27N3O2.HI/c1-14(2)20-16(18-12-15-6-4-3-5-7-15)19-13-17(21)8-10-22-11-9-17;/h3-7,14,21H,8-13H2,1-2H3,(H2,18,19,20);1H. The topological polar surface area (TPSA) is 65.9 Å². The number of halogens is 1. The predicted molar refractivity (Wildman–Crippen MR) is 104 cm³/mol. The molecule has 130 valence electrons. The summed E-state index contributed by atoms with van der Waals surface area (Å²) in [6.07, 6.45) is 1.32. The third-order valence-corrected chi connectivity index (χ3v) is 3.70. The summed E-state index contributed by atoms with van der Waals surface area (Å²) in [6.45, 7) is 6.48. The highest BCUT2D eigenvalue weighted by atomic mass is 127. The third kappa shape index (κ3) is 7.50. The molecule has 1 aromatic rings. The van der Waals surface area contributed by atoms with Gasteiger partial charge in [0.2, 0.25) is 0 Å². The van der Waals surface area contributed by atoms with E-state index < -0.39 is 5.60 Å². The number of aliphatic imine (C=N–C) groups is 1. The van der Waals surface area contributed by atoms with E-state index in [0.29, 0.717) is 39.1 Å². The van der Waals surface area contributed by atoms with Gasteiger partial charge < -0.3 is 20.5 Å². The Morgan fingerprint density at radius 2 is 1.91 bits per heavy atom. The summed E-state index contributed by atoms with van der Waals surface area (Å²) in [7, 11) is 0. The Bertz CT molecular complexity index is 474. The number of rotatable bonds is 5. The van der Waals surface area contributed by atoms with E-state index in [0.717, 1.165) is 11.5 Å². The number of guanidine groups is 1. The molecule has 0 saturated carbocycles. The Labute approximate surface area is 155 Å². The van der Waals surface area contributed by atoms with Gasteiger partial charge in [-0.2, -0.15) is 0 Å². The van der Waals surface area contributed by atoms with Crippen LogP contribution in [-0.2, 0) is 11.3 Å². The van der Waals surface area contributed by atoms with Crippen molar-refractivity contribution < 1.29 is 9.84 Å². The molecule has 23 heavy (non-hydrogen) atoms. The molecule has 3 N–H and O–H groups in total. The van der Waals surface area contributed by atoms with Crippen molar-refractivity contribution in [1.29, 1.82) is 0 Å². The summed E-state index contributed by atoms with van der Waals surface area (Å²) in [4.78, 5) is 4.60. The molecule has 1 aliphatic rings. The van der Waals surface area contributed by atoms with Crippen LogP contribution >= 0.6 is 24.0 Å². The van der Waals surface area contributed by atoms with E-state index in [4.69, 9.17) is 4.74 Å². The molecule has 1 fully saturated rings. The van der Waals surface area contributed by atoms with E-state index in [9.17, 15) is 5.11 Å². The summed E-state index contributed by atoms with van der Waals surface area (Å²) in [5.74, 6) is 0.735. The summed E-state index contributed by atoms with van der Waals surface area (Å²) < 4.78 is 5.31. The summed E-state index contributed by atoms with van der Waals surface area (Å²) >= 11 is 0. The molecule has 0 unspecified atom stereocenters. The van der Waals surface area contributed by atoms with E-state index in [1.165, 1.54) is 0 Å². The summed E-state index contributed by atoms with van der Waals surface area (Å²) in [5, 5.41) is 17.1. The molecule has 1 saturated heterocycles. The smallest absolute Gasteiger partial charge is 0.191 e. The monoisotopic (exact) mass is 433 g/mol. The maximum absolute atomic E-state index is 10.5. The summed E-state index contributed by atoms with van der Waals surface area (Å²) in [5.41, 5.74) is 0.460. The number of aliphatic hydroxyl groups is 1. The van der Waals surface area contributed by atoms with Gasteiger partial charge >= 0.3 is 0 Å². The normalized spacial score (nSPS) is 17.5. The van der Waals surface area contributed by atoms with Crippen molar-refractivity contribution in [3.05, 3.63) is 35.9 Å². The Morgan fingerprint density at radius 3 is 2.52 bits per heavy atom. The average Bonchev–Trinajstić information content (AvgIpc) is 2.51. The van der Waals surface area contributed by atoms with Gasteiger partial charge in [-0.1, -0.05) is 30.3 Å². The molecule has 0 bridgehead atoms. The highest BCUT2D eigenvalue weighted by Gasteiger charge is 2.29. The van der Waals surface area contributed by atoms with E-state index in [1.807, 2.05) is 18.2 Å². The van der Waals surface area contributed by atoms with Gasteiger partial charge in [-0.05, 0) is 19.4 Å². The highest BCUT2D eigenvalue weighted by Crippen LogP contribution is 2.19. The molecule has 0 aliphatic carbocycles. The van der Waals surface area contributed by atoms with Gasteiger partial charge in [-0.25, -0.2) is 4.99 Å². The lowest BCUT2D eigenvalue weighted by Gasteiger charge is -2.32. The molecule has 1 aromatic carbocycles. The molecule has 1 heterocycles. The average molecular weight is 433 g/mol. The molecule has 6 heteroatoms. The van der Waals surface area contributed by atoms with Gasteiger partial charge in [0.05, 0.1) is 12.1 Å². The number of nitrogens with one attached hydrogen (secondary N) is 2. The number of hydrogen-bond donors (Lipinski definition) is 3. The van der Waals surface area contributed by atoms with Gasteiger partial charge in [-0.3, -0.25) is 0 Å². The number of benzene rings is 1. The van der Waals surface area contributed by atoms with Crippen molar-refractivity contribution in [1.82, 2.24) is 10.6 Å². The van der Waals surface area contributed by atoms with Crippen molar-refractivity contribution in [2.45, 2.75) is 44.9 Å². The first kappa shape index (κ1) is 20.2. The fraction of sp³-hybridized carbons (Fsp3) is 0.588. The Hall–Kier alpha value is -0.860. The fourth-order valence-corrected chi connectivity index (χ4v) is 2.36. The molecule has 0 radical (unpaired) electrons. The minimum absolute atomic E-state index is 0. The molecular formula is C17H28IN3O2. The molecule has 0 spiro atoms. The zero-order valence-electron chi connectivity index (χ0n) is 13.9. The molecular weight excluding hydrogens is 405 g/mol. The van der Waals surface area contributed by atoms with Crippen molar-refractivity contribution in [3.8, 4) is 0 Å². The Balaban J connectivity index is 0.00000264. The first-order valence-corrected chi connectivity index (χ1v) is 7.96. The second-order valence-corrected chi connectivity index (χ2v) is 6.14. The van der Waals surface area contributed by atoms with E-state index >= 15 is 0 Å². The van der Waals surface area contributed by atoms with Gasteiger partial charge in [0.15, 0.2) is 5.96 Å². The van der Waals surface area contributed by atoms with Crippen LogP contribution in [0.5, 0.6) is 0 Å². The Kier molecular flexibility index (Phi) is 8.86. The van der Waals surface area contributed by atoms with Crippen molar-refractivity contribution in [2.24, 2.45) is 4.99 Å². The lowest BCUT2D eigenvalue weighted by Crippen LogP contribution is -2.50. The Morgan fingerprint density at radius 1 is 1.26 bits per heavy atom. The molecule has 0 amide bonds. The lowest BCUT2D eigenvalue weighted by molar-refractivity contribution is -0.0594. The highest BCUT2D eigenvalue weighted by molar-refractivity contribution is 14.0. The van der Waals surface area contributed by atoms with Crippen molar-refractivity contribution >= 4 is 29.9 Å². The minimum Gasteiger partial charge on any atom is -0.388 e. The fourth-order valence-electron chi connectivity index (χ4n) is 2.36. The van der Waals surface area contributed by atoms with Gasteiger partial charge in [-0.15, -0.1) is 24.0 Å². The van der Waals surface area contributed by atoms with Crippen LogP contribution in [-0.4, -0.2) is 42.5 Å². The summed E-state index contributed by atoms with van der Waals surface area (Å²) in [6, 6.07) is 10.4. The molecule has 5 nitrogen and oxygen atoms in total. The predicted octanol–water partition coefficient (Wildman–Crippen LogP) is 2.29. The molecule has 2 rings (SSSR count). The van der Waals surface area contributed by atoms with Crippen LogP contribution in [0.3, 0.4) is 0 Å². The number of hydrogen-bond acceptors (Lipinski definition) is 3. The number of ether oxygens (including phenoxy) is 1. The van der Waals surface area contributed by atoms with Crippen LogP contribution in [0.2, 0.25) is 0 Å². The number of nitrogens with zero attached hydrogens (tertiary/aromatic N) is 1. The maximum Gasteiger partial charge on any atom is 0.191 e. The second kappa shape index (κ2) is 10.1. The molecule has 0 atom stereocenters. The zero-order valence-corrected chi connectivity index (χ0v) is 16.2. The minimum atomic E-state index is -0.704. The lowest BCUT2D eigenvalue weighted by atomic mass is 9.94. The van der Waals surface area contributed by atoms with Gasteiger partial charge in [0.25, 0.3) is 0 Å². The zero-order chi connectivity index (χ0) is 15.8. The van der Waals surface area contributed by atoms with Crippen LogP contribution in [0, 0.1) is 0 Å². The van der Waals surface area contributed by atoms with E-state index in [-0.39, 0.29) is 30.0 Å². The van der Waals surface area contributed by atoms with Crippen LogP contribution in [0.25, 0.3) is 0 Å². The van der Waals surface area contributed by atoms with Crippen molar-refractivity contribution in [2.75, 3.05) is 19.8 Å². The van der Waals surface area contributed by atoms with Crippen LogP contribution in [0.4, 0.5) is 0 Å². The largest absolute Gasteiger partial charge is 0.388 e. The SMILES string of the molecule is CC(C)NC(=NCc1ccccc1)NCC1(O)CCOCC1.I. The van der Waals surface area contributed by atoms with E-state index in [1.54, 1.807) is 0 Å². The third-order valence-electron chi connectivity index (χ3n) is 3.70. The van der Waals surface area contributed by atoms with Crippen LogP contribution in [0.1, 0.15) is 32.3 Å². The first-order chi connectivity index (χ1) is 10.6. The maximum atomic E-state index is 10.5. The molecule has 1 aliphatic heterocycles. The quantitative estimate of drug-likeness (QED) is 0.379. The second-order valence-electron chi connectivity index (χ2n) is 6.14. The van der Waals surface area contributed by atoms with Gasteiger partial charge in [0.1, 0.15) is 0 Å². The van der Waals surface area contributed by atoms with Gasteiger partial charge in [0, 0.05) is 38.6 Å². The van der Waals surface area contributed by atoms with Crippen LogP contribution < -0.4 is 10.6 Å². The van der Waals surface area contributed by atoms with E-state index in [2.05, 4.69) is 41.6 Å². The first-order valence-electron chi connectivity index (χ1n) is 7.96. The van der Waals surface area contributed by atoms with Crippen molar-refractivity contribution in [3.63, 3.8) is 0 Å². The molecule has 0 aromatic heterocycles. The van der Waals surface area contributed by atoms with Crippen LogP contribution in [0.15, 0.2) is 35.3 Å².